The van der Waals surface area contributed by atoms with Gasteiger partial charge in [0, 0.05) is 0 Å². The number of anilines is 1. The summed E-state index contributed by atoms with van der Waals surface area (Å²) in [6.45, 7) is 0.0675. The third-order valence-corrected chi connectivity index (χ3v) is 6.43. The predicted octanol–water partition coefficient (Wildman–Crippen LogP) is 5.60. The van der Waals surface area contributed by atoms with Crippen LogP contribution in [0.4, 0.5) is 10.5 Å². The molecule has 0 atom stereocenters. The van der Waals surface area contributed by atoms with E-state index in [1.807, 2.05) is 0 Å². The average molecular weight is 576 g/mol. The highest BCUT2D eigenvalue weighted by molar-refractivity contribution is 6.43. The number of halogens is 3. The molecule has 4 rings (SSSR count). The van der Waals surface area contributed by atoms with Crippen LogP contribution >= 0.6 is 34.8 Å². The quantitative estimate of drug-likeness (QED) is 0.278. The van der Waals surface area contributed by atoms with Crippen molar-refractivity contribution in [3.63, 3.8) is 0 Å². The van der Waals surface area contributed by atoms with Crippen LogP contribution in [-0.4, -0.2) is 36.0 Å². The summed E-state index contributed by atoms with van der Waals surface area (Å²) in [5.74, 6) is -2.39. The molecule has 9 nitrogen and oxygen atoms in total. The Morgan fingerprint density at radius 1 is 0.974 bits per heavy atom. The van der Waals surface area contributed by atoms with Gasteiger partial charge in [-0.15, -0.1) is 0 Å². The Hall–Kier alpha value is -4.05. The van der Waals surface area contributed by atoms with Gasteiger partial charge in [0.1, 0.15) is 12.2 Å². The normalized spacial score (nSPS) is 14.5. The van der Waals surface area contributed by atoms with Gasteiger partial charge in [-0.3, -0.25) is 14.9 Å². The lowest BCUT2D eigenvalue weighted by Crippen LogP contribution is -2.54. The van der Waals surface area contributed by atoms with E-state index in [2.05, 4.69) is 5.32 Å². The van der Waals surface area contributed by atoms with Gasteiger partial charge < -0.3 is 14.6 Å². The highest BCUT2D eigenvalue weighted by atomic mass is 35.5. The summed E-state index contributed by atoms with van der Waals surface area (Å²) in [5, 5.41) is 11.6. The molecular formula is C26H17Cl3N2O7. The van der Waals surface area contributed by atoms with Crippen molar-refractivity contribution in [2.75, 3.05) is 12.0 Å². The predicted molar refractivity (Wildman–Crippen MR) is 141 cm³/mol. The standard InChI is InChI=1S/C26H17Cl3N2O7/c1-37-21-10-14(9-20(29)22(21)38-12-13-2-4-15(5-3-13)25(34)35)8-17-23(32)30-26(36)31(24(17)33)16-6-7-18(27)19(28)11-16/h2-11H,12H2,1H3,(H,34,35)(H,30,32,36)/b17-8+. The van der Waals surface area contributed by atoms with E-state index in [1.165, 1.54) is 55.7 Å². The van der Waals surface area contributed by atoms with Crippen molar-refractivity contribution >= 4 is 70.4 Å². The maximum Gasteiger partial charge on any atom is 0.335 e. The lowest BCUT2D eigenvalue weighted by Gasteiger charge is -2.26. The number of nitrogens with one attached hydrogen (secondary N) is 1. The van der Waals surface area contributed by atoms with Gasteiger partial charge in [0.15, 0.2) is 11.5 Å². The van der Waals surface area contributed by atoms with Crippen LogP contribution in [0, 0.1) is 0 Å². The summed E-state index contributed by atoms with van der Waals surface area (Å²) in [4.78, 5) is 49.9. The molecule has 3 aromatic rings. The monoisotopic (exact) mass is 574 g/mol. The number of carbonyl (C=O) groups is 4. The second kappa shape index (κ2) is 11.1. The molecule has 1 saturated heterocycles. The van der Waals surface area contributed by atoms with Crippen molar-refractivity contribution < 1.29 is 33.8 Å². The minimum atomic E-state index is -1.04. The van der Waals surface area contributed by atoms with Gasteiger partial charge in [-0.25, -0.2) is 14.5 Å². The first-order chi connectivity index (χ1) is 18.1. The second-order valence-corrected chi connectivity index (χ2v) is 9.10. The van der Waals surface area contributed by atoms with Crippen molar-refractivity contribution in [3.8, 4) is 11.5 Å². The fourth-order valence-electron chi connectivity index (χ4n) is 3.54. The van der Waals surface area contributed by atoms with Crippen LogP contribution in [0.25, 0.3) is 6.08 Å². The highest BCUT2D eigenvalue weighted by Crippen LogP contribution is 2.38. The number of amides is 4. The maximum atomic E-state index is 13.2. The molecular weight excluding hydrogens is 559 g/mol. The molecule has 0 unspecified atom stereocenters. The second-order valence-electron chi connectivity index (χ2n) is 7.88. The molecule has 4 amide bonds. The smallest absolute Gasteiger partial charge is 0.335 e. The Labute approximate surface area is 231 Å². The summed E-state index contributed by atoms with van der Waals surface area (Å²) in [7, 11) is 1.39. The van der Waals surface area contributed by atoms with Gasteiger partial charge in [-0.1, -0.05) is 46.9 Å². The van der Waals surface area contributed by atoms with Gasteiger partial charge in [-0.2, -0.15) is 0 Å². The molecule has 0 aliphatic carbocycles. The van der Waals surface area contributed by atoms with Gasteiger partial charge in [0.2, 0.25) is 0 Å². The summed E-state index contributed by atoms with van der Waals surface area (Å²) in [5.41, 5.74) is 0.947. The van der Waals surface area contributed by atoms with Crippen LogP contribution in [0.5, 0.6) is 11.5 Å². The number of carboxylic acid groups (broad SMARTS) is 1. The number of hydrogen-bond donors (Lipinski definition) is 2. The molecule has 1 aliphatic heterocycles. The largest absolute Gasteiger partial charge is 0.493 e. The van der Waals surface area contributed by atoms with Crippen molar-refractivity contribution in [1.82, 2.24) is 5.32 Å². The Morgan fingerprint density at radius 2 is 1.68 bits per heavy atom. The van der Waals surface area contributed by atoms with Crippen LogP contribution in [0.3, 0.4) is 0 Å². The van der Waals surface area contributed by atoms with E-state index in [0.717, 1.165) is 4.90 Å². The van der Waals surface area contributed by atoms with Crippen molar-refractivity contribution in [2.45, 2.75) is 6.61 Å². The first-order valence-electron chi connectivity index (χ1n) is 10.8. The van der Waals surface area contributed by atoms with E-state index in [-0.39, 0.29) is 50.0 Å². The Bertz CT molecular complexity index is 1500. The third kappa shape index (κ3) is 5.60. The first-order valence-corrected chi connectivity index (χ1v) is 11.9. The zero-order valence-electron chi connectivity index (χ0n) is 19.5. The number of rotatable bonds is 7. The third-order valence-electron chi connectivity index (χ3n) is 5.41. The van der Waals surface area contributed by atoms with Crippen LogP contribution in [0.1, 0.15) is 21.5 Å². The summed E-state index contributed by atoms with van der Waals surface area (Å²) >= 11 is 18.4. The number of carboxylic acids is 1. The molecule has 0 spiro atoms. The minimum absolute atomic E-state index is 0.0675. The molecule has 0 radical (unpaired) electrons. The molecule has 2 N–H and O–H groups in total. The van der Waals surface area contributed by atoms with E-state index in [9.17, 15) is 19.2 Å². The molecule has 38 heavy (non-hydrogen) atoms. The minimum Gasteiger partial charge on any atom is -0.493 e. The van der Waals surface area contributed by atoms with Gasteiger partial charge in [-0.05, 0) is 59.7 Å². The number of aromatic carboxylic acids is 1. The van der Waals surface area contributed by atoms with Crippen molar-refractivity contribution in [2.24, 2.45) is 0 Å². The molecule has 1 aliphatic rings. The van der Waals surface area contributed by atoms with Crippen LogP contribution < -0.4 is 19.7 Å². The number of ether oxygens (including phenoxy) is 2. The van der Waals surface area contributed by atoms with Crippen LogP contribution in [0.15, 0.2) is 60.2 Å². The van der Waals surface area contributed by atoms with Gasteiger partial charge in [0.05, 0.1) is 33.4 Å². The number of nitrogens with zero attached hydrogens (tertiary/aromatic N) is 1. The number of methoxy groups -OCH3 is 1. The summed E-state index contributed by atoms with van der Waals surface area (Å²) in [6, 6.07) is 12.3. The highest BCUT2D eigenvalue weighted by Gasteiger charge is 2.37. The number of carbonyl (C=O) groups excluding carboxylic acids is 3. The maximum absolute atomic E-state index is 13.2. The zero-order chi connectivity index (χ0) is 27.6. The lowest BCUT2D eigenvalue weighted by atomic mass is 10.1. The molecule has 12 heteroatoms. The SMILES string of the molecule is COc1cc(/C=C2\C(=O)NC(=O)N(c3ccc(Cl)c(Cl)c3)C2=O)cc(Cl)c1OCc1ccc(C(=O)O)cc1. The van der Waals surface area contributed by atoms with E-state index >= 15 is 0 Å². The fraction of sp³-hybridized carbons (Fsp3) is 0.0769. The molecule has 0 bridgehead atoms. The molecule has 0 saturated carbocycles. The van der Waals surface area contributed by atoms with E-state index in [0.29, 0.717) is 11.1 Å². The number of benzene rings is 3. The lowest BCUT2D eigenvalue weighted by molar-refractivity contribution is -0.122. The van der Waals surface area contributed by atoms with Crippen molar-refractivity contribution in [3.05, 3.63) is 91.9 Å². The fourth-order valence-corrected chi connectivity index (χ4v) is 4.11. The van der Waals surface area contributed by atoms with E-state index in [1.54, 1.807) is 12.1 Å². The zero-order valence-corrected chi connectivity index (χ0v) is 21.7. The number of barbiturate groups is 1. The first kappa shape index (κ1) is 27.0. The van der Waals surface area contributed by atoms with Gasteiger partial charge >= 0.3 is 12.0 Å². The van der Waals surface area contributed by atoms with E-state index in [4.69, 9.17) is 49.4 Å². The molecule has 1 heterocycles. The van der Waals surface area contributed by atoms with Crippen LogP contribution in [0.2, 0.25) is 15.1 Å². The topological polar surface area (TPSA) is 122 Å². The Morgan fingerprint density at radius 3 is 2.32 bits per heavy atom. The number of hydrogen-bond acceptors (Lipinski definition) is 6. The van der Waals surface area contributed by atoms with E-state index < -0.39 is 23.8 Å². The summed E-state index contributed by atoms with van der Waals surface area (Å²) < 4.78 is 11.2. The van der Waals surface area contributed by atoms with Crippen molar-refractivity contribution in [1.29, 1.82) is 0 Å². The van der Waals surface area contributed by atoms with Crippen LogP contribution in [-0.2, 0) is 16.2 Å². The number of imide groups is 2. The Kier molecular flexibility index (Phi) is 7.91. The molecule has 1 fully saturated rings. The average Bonchev–Trinajstić information content (AvgIpc) is 2.87. The molecule has 3 aromatic carbocycles. The summed E-state index contributed by atoms with van der Waals surface area (Å²) in [6.07, 6.45) is 1.26. The molecule has 194 valence electrons. The molecule has 0 aromatic heterocycles. The number of urea groups is 1. The Balaban J connectivity index is 1.61. The van der Waals surface area contributed by atoms with Gasteiger partial charge in [0.25, 0.3) is 11.8 Å².